The van der Waals surface area contributed by atoms with Gasteiger partial charge >= 0.3 is 0 Å². The molecule has 2 unspecified atom stereocenters. The quantitative estimate of drug-likeness (QED) is 0.574. The fourth-order valence-corrected chi connectivity index (χ4v) is 5.04. The van der Waals surface area contributed by atoms with E-state index >= 15 is 0 Å². The third-order valence-corrected chi connectivity index (χ3v) is 6.87. The predicted molar refractivity (Wildman–Crippen MR) is 128 cm³/mol. The number of aromatic nitrogens is 1. The van der Waals surface area contributed by atoms with Crippen molar-refractivity contribution in [2.24, 2.45) is 5.73 Å². The molecular weight excluding hydrogens is 434 g/mol. The van der Waals surface area contributed by atoms with Crippen molar-refractivity contribution in [3.63, 3.8) is 0 Å². The molecule has 1 aromatic heterocycles. The summed E-state index contributed by atoms with van der Waals surface area (Å²) in [5, 5.41) is 5.78. The molecule has 2 bridgehead atoms. The third-order valence-electron chi connectivity index (χ3n) is 6.87. The number of nitrogens with two attached hydrogens (primary N) is 1. The van der Waals surface area contributed by atoms with Crippen LogP contribution in [0.15, 0.2) is 36.5 Å². The van der Waals surface area contributed by atoms with Crippen molar-refractivity contribution in [1.29, 1.82) is 0 Å². The van der Waals surface area contributed by atoms with Gasteiger partial charge in [0.05, 0.1) is 12.7 Å². The number of piperidine rings is 1. The number of pyridine rings is 1. The van der Waals surface area contributed by atoms with Crippen LogP contribution in [-0.4, -0.2) is 54.0 Å². The van der Waals surface area contributed by atoms with Gasteiger partial charge in [-0.2, -0.15) is 0 Å². The zero-order chi connectivity index (χ0) is 24.4. The summed E-state index contributed by atoms with van der Waals surface area (Å²) < 4.78 is 5.35. The summed E-state index contributed by atoms with van der Waals surface area (Å²) in [5.41, 5.74) is 7.05. The van der Waals surface area contributed by atoms with Crippen molar-refractivity contribution < 1.29 is 19.1 Å². The molecule has 2 fully saturated rings. The van der Waals surface area contributed by atoms with Crippen LogP contribution >= 0.6 is 0 Å². The van der Waals surface area contributed by atoms with E-state index in [-0.39, 0.29) is 29.9 Å². The zero-order valence-electron chi connectivity index (χ0n) is 19.7. The lowest BCUT2D eigenvalue weighted by Crippen LogP contribution is -2.50. The number of benzene rings is 1. The standard InChI is InChI=1S/C25H31N5O4/c1-14-20(5-4-6-21(14)34-3)25(33)29-17-11-18-8-9-19(12-17)30(18)22-10-7-16(13-27-22)24(32)28-15(2)23(26)31/h4-7,10,13,15,17-19H,8-9,11-12H2,1-3H3,(H2,26,31)(H,28,32)(H,29,33)/t15-,17?,18?,19?/m0/s1. The molecule has 2 aliphatic heterocycles. The van der Waals surface area contributed by atoms with Gasteiger partial charge in [0.15, 0.2) is 0 Å². The highest BCUT2D eigenvalue weighted by Crippen LogP contribution is 2.38. The molecule has 2 aliphatic rings. The topological polar surface area (TPSA) is 127 Å². The number of rotatable bonds is 7. The molecule has 9 nitrogen and oxygen atoms in total. The van der Waals surface area contributed by atoms with Gasteiger partial charge in [0.25, 0.3) is 11.8 Å². The summed E-state index contributed by atoms with van der Waals surface area (Å²) in [7, 11) is 1.60. The number of carbonyl (C=O) groups excluding carboxylic acids is 3. The summed E-state index contributed by atoms with van der Waals surface area (Å²) in [6.45, 7) is 3.43. The number of primary amides is 1. The van der Waals surface area contributed by atoms with Crippen LogP contribution < -0.4 is 26.0 Å². The van der Waals surface area contributed by atoms with Crippen molar-refractivity contribution in [3.05, 3.63) is 53.2 Å². The number of nitrogens with zero attached hydrogens (tertiary/aromatic N) is 2. The molecule has 3 atom stereocenters. The third kappa shape index (κ3) is 4.69. The van der Waals surface area contributed by atoms with E-state index in [1.807, 2.05) is 31.2 Å². The number of nitrogens with one attached hydrogen (secondary N) is 2. The average Bonchev–Trinajstić information content (AvgIpc) is 3.09. The van der Waals surface area contributed by atoms with Crippen molar-refractivity contribution in [1.82, 2.24) is 15.6 Å². The second-order valence-electron chi connectivity index (χ2n) is 9.07. The van der Waals surface area contributed by atoms with Crippen LogP contribution in [0.1, 0.15) is 58.9 Å². The highest BCUT2D eigenvalue weighted by Gasteiger charge is 2.42. The van der Waals surface area contributed by atoms with Gasteiger partial charge in [-0.25, -0.2) is 4.98 Å². The maximum Gasteiger partial charge on any atom is 0.253 e. The molecule has 0 aliphatic carbocycles. The smallest absolute Gasteiger partial charge is 0.253 e. The molecule has 3 amide bonds. The number of hydrogen-bond donors (Lipinski definition) is 3. The Morgan fingerprint density at radius 3 is 2.41 bits per heavy atom. The first-order valence-corrected chi connectivity index (χ1v) is 11.6. The molecule has 34 heavy (non-hydrogen) atoms. The second kappa shape index (κ2) is 9.70. The van der Waals surface area contributed by atoms with Crippen LogP contribution in [0.3, 0.4) is 0 Å². The van der Waals surface area contributed by atoms with E-state index in [2.05, 4.69) is 20.5 Å². The van der Waals surface area contributed by atoms with Gasteiger partial charge in [-0.05, 0) is 63.8 Å². The number of carbonyl (C=O) groups is 3. The number of fused-ring (bicyclic) bond motifs is 2. The van der Waals surface area contributed by atoms with E-state index in [9.17, 15) is 14.4 Å². The number of amides is 3. The SMILES string of the molecule is COc1cccc(C(=O)NC2CC3CCC(C2)N3c2ccc(C(=O)N[C@@H](C)C(N)=O)cn2)c1C. The Morgan fingerprint density at radius 2 is 1.82 bits per heavy atom. The Balaban J connectivity index is 1.40. The molecular formula is C25H31N5O4. The molecule has 4 N–H and O–H groups in total. The number of ether oxygens (including phenoxy) is 1. The Labute approximate surface area is 199 Å². The molecule has 1 aromatic carbocycles. The predicted octanol–water partition coefficient (Wildman–Crippen LogP) is 1.93. The molecule has 2 saturated heterocycles. The lowest BCUT2D eigenvalue weighted by Gasteiger charge is -2.40. The average molecular weight is 466 g/mol. The summed E-state index contributed by atoms with van der Waals surface area (Å²) in [5.74, 6) is 0.469. The molecule has 9 heteroatoms. The van der Waals surface area contributed by atoms with Crippen LogP contribution in [0.2, 0.25) is 0 Å². The van der Waals surface area contributed by atoms with E-state index in [0.29, 0.717) is 16.9 Å². The van der Waals surface area contributed by atoms with E-state index in [1.54, 1.807) is 13.2 Å². The molecule has 0 radical (unpaired) electrons. The van der Waals surface area contributed by atoms with Gasteiger partial charge < -0.3 is 26.0 Å². The minimum atomic E-state index is -0.752. The summed E-state index contributed by atoms with van der Waals surface area (Å²) >= 11 is 0. The second-order valence-corrected chi connectivity index (χ2v) is 9.07. The minimum absolute atomic E-state index is 0.0760. The Kier molecular flexibility index (Phi) is 6.72. The Morgan fingerprint density at radius 1 is 1.12 bits per heavy atom. The van der Waals surface area contributed by atoms with E-state index in [1.165, 1.54) is 13.1 Å². The van der Waals surface area contributed by atoms with E-state index < -0.39 is 11.9 Å². The maximum absolute atomic E-state index is 12.9. The van der Waals surface area contributed by atoms with Gasteiger partial charge in [-0.3, -0.25) is 14.4 Å². The fraction of sp³-hybridized carbons (Fsp3) is 0.440. The molecule has 4 rings (SSSR count). The summed E-state index contributed by atoms with van der Waals surface area (Å²) in [6, 6.07) is 8.95. The Bertz CT molecular complexity index is 1070. The van der Waals surface area contributed by atoms with Crippen molar-refractivity contribution in [3.8, 4) is 5.75 Å². The molecule has 180 valence electrons. The van der Waals surface area contributed by atoms with Crippen molar-refractivity contribution in [2.45, 2.75) is 63.7 Å². The van der Waals surface area contributed by atoms with Crippen LogP contribution in [0.5, 0.6) is 5.75 Å². The molecule has 0 spiro atoms. The highest BCUT2D eigenvalue weighted by molar-refractivity contribution is 5.97. The lowest BCUT2D eigenvalue weighted by atomic mass is 9.96. The first-order chi connectivity index (χ1) is 16.3. The van der Waals surface area contributed by atoms with Crippen molar-refractivity contribution >= 4 is 23.5 Å². The summed E-state index contributed by atoms with van der Waals surface area (Å²) in [4.78, 5) is 43.3. The first kappa shape index (κ1) is 23.5. The van der Waals surface area contributed by atoms with E-state index in [0.717, 1.165) is 37.1 Å². The normalized spacial score (nSPS) is 22.1. The van der Waals surface area contributed by atoms with Crippen LogP contribution in [-0.2, 0) is 4.79 Å². The maximum atomic E-state index is 12.9. The van der Waals surface area contributed by atoms with E-state index in [4.69, 9.17) is 10.5 Å². The van der Waals surface area contributed by atoms with Crippen LogP contribution in [0.25, 0.3) is 0 Å². The molecule has 3 heterocycles. The number of methoxy groups -OCH3 is 1. The zero-order valence-corrected chi connectivity index (χ0v) is 19.7. The van der Waals surface area contributed by atoms with Crippen molar-refractivity contribution in [2.75, 3.05) is 12.0 Å². The first-order valence-electron chi connectivity index (χ1n) is 11.6. The van der Waals surface area contributed by atoms with Gasteiger partial charge in [-0.1, -0.05) is 6.07 Å². The molecule has 2 aromatic rings. The molecule has 0 saturated carbocycles. The van der Waals surface area contributed by atoms with Gasteiger partial charge in [-0.15, -0.1) is 0 Å². The minimum Gasteiger partial charge on any atom is -0.496 e. The van der Waals surface area contributed by atoms with Gasteiger partial charge in [0.1, 0.15) is 17.6 Å². The summed E-state index contributed by atoms with van der Waals surface area (Å²) in [6.07, 6.45) is 5.28. The van der Waals surface area contributed by atoms with Crippen LogP contribution in [0, 0.1) is 6.92 Å². The number of anilines is 1. The van der Waals surface area contributed by atoms with Gasteiger partial charge in [0, 0.05) is 35.4 Å². The fourth-order valence-electron chi connectivity index (χ4n) is 5.04. The highest BCUT2D eigenvalue weighted by atomic mass is 16.5. The largest absolute Gasteiger partial charge is 0.496 e. The monoisotopic (exact) mass is 465 g/mol. The lowest BCUT2D eigenvalue weighted by molar-refractivity contribution is -0.119. The van der Waals surface area contributed by atoms with Crippen LogP contribution in [0.4, 0.5) is 5.82 Å². The van der Waals surface area contributed by atoms with Gasteiger partial charge in [0.2, 0.25) is 5.91 Å². The Hall–Kier alpha value is -3.62. The number of hydrogen-bond acceptors (Lipinski definition) is 6.